The Balaban J connectivity index is 1.95. The quantitative estimate of drug-likeness (QED) is 0.441. The summed E-state index contributed by atoms with van der Waals surface area (Å²) in [5, 5.41) is 11.2. The van der Waals surface area contributed by atoms with Crippen LogP contribution in [0.3, 0.4) is 0 Å². The van der Waals surface area contributed by atoms with Crippen molar-refractivity contribution in [2.75, 3.05) is 14.2 Å². The van der Waals surface area contributed by atoms with Crippen LogP contribution in [-0.2, 0) is 9.59 Å². The van der Waals surface area contributed by atoms with Gasteiger partial charge in [0.2, 0.25) is 0 Å². The second-order valence-corrected chi connectivity index (χ2v) is 7.73. The third-order valence-electron chi connectivity index (χ3n) is 6.06. The first-order valence-electron chi connectivity index (χ1n) is 10.2. The van der Waals surface area contributed by atoms with Gasteiger partial charge in [0.15, 0.2) is 0 Å². The summed E-state index contributed by atoms with van der Waals surface area (Å²) in [7, 11) is 2.91. The molecule has 2 aliphatic rings. The Kier molecular flexibility index (Phi) is 5.67. The zero-order valence-electron chi connectivity index (χ0n) is 17.4. The van der Waals surface area contributed by atoms with Gasteiger partial charge in [-0.05, 0) is 37.1 Å². The topological polar surface area (TPSA) is 76.1 Å². The average Bonchev–Trinajstić information content (AvgIpc) is 3.40. The van der Waals surface area contributed by atoms with Crippen LogP contribution in [0.4, 0.5) is 4.39 Å². The lowest BCUT2D eigenvalue weighted by atomic mass is 9.94. The second kappa shape index (κ2) is 8.41. The van der Waals surface area contributed by atoms with E-state index >= 15 is 0 Å². The van der Waals surface area contributed by atoms with E-state index in [1.807, 2.05) is 0 Å². The molecule has 2 fully saturated rings. The summed E-state index contributed by atoms with van der Waals surface area (Å²) in [6, 6.07) is 9.61. The number of nitrogens with zero attached hydrogens (tertiary/aromatic N) is 1. The number of carbonyl (C=O) groups excluding carboxylic acids is 2. The van der Waals surface area contributed by atoms with Gasteiger partial charge in [-0.3, -0.25) is 9.59 Å². The molecule has 1 N–H and O–H groups in total. The van der Waals surface area contributed by atoms with Crippen molar-refractivity contribution in [3.05, 3.63) is 65.0 Å². The van der Waals surface area contributed by atoms with E-state index in [1.54, 1.807) is 30.3 Å². The van der Waals surface area contributed by atoms with Crippen molar-refractivity contribution < 1.29 is 28.6 Å². The maximum Gasteiger partial charge on any atom is 0.295 e. The summed E-state index contributed by atoms with van der Waals surface area (Å²) >= 11 is 0. The predicted octanol–water partition coefficient (Wildman–Crippen LogP) is 4.21. The molecular formula is C24H24FNO5. The number of ether oxygens (including phenoxy) is 2. The van der Waals surface area contributed by atoms with E-state index < -0.39 is 29.3 Å². The van der Waals surface area contributed by atoms with Crippen molar-refractivity contribution in [2.45, 2.75) is 37.8 Å². The maximum absolute atomic E-state index is 14.9. The molecule has 0 bridgehead atoms. The largest absolute Gasteiger partial charge is 0.507 e. The minimum atomic E-state index is -1.01. The molecule has 0 spiro atoms. The number of hydrogen-bond donors (Lipinski definition) is 1. The highest BCUT2D eigenvalue weighted by Gasteiger charge is 2.50. The zero-order valence-corrected chi connectivity index (χ0v) is 17.4. The standard InChI is InChI=1S/C24H24FNO5/c1-30-15-11-12-19(31-2)17(13-15)22(27)20-21(16-9-5-6-10-18(16)25)26(24(29)23(20)28)14-7-3-4-8-14/h5-6,9-14,21,27H,3-4,7-8H2,1-2H3/b22-20+. The Hall–Kier alpha value is -3.35. The van der Waals surface area contributed by atoms with Crippen molar-refractivity contribution in [2.24, 2.45) is 0 Å². The molecule has 1 heterocycles. The fraction of sp³-hybridized carbons (Fsp3) is 0.333. The molecule has 1 unspecified atom stereocenters. The van der Waals surface area contributed by atoms with E-state index in [4.69, 9.17) is 9.47 Å². The number of methoxy groups -OCH3 is 2. The van der Waals surface area contributed by atoms with Gasteiger partial charge >= 0.3 is 0 Å². The number of likely N-dealkylation sites (tertiary alicyclic amines) is 1. The van der Waals surface area contributed by atoms with Gasteiger partial charge in [0.05, 0.1) is 31.4 Å². The molecule has 31 heavy (non-hydrogen) atoms. The fourth-order valence-corrected chi connectivity index (χ4v) is 4.56. The van der Waals surface area contributed by atoms with E-state index in [0.29, 0.717) is 11.5 Å². The van der Waals surface area contributed by atoms with E-state index in [1.165, 1.54) is 31.3 Å². The molecule has 6 nitrogen and oxygen atoms in total. The first kappa shape index (κ1) is 20.9. The van der Waals surface area contributed by atoms with Gasteiger partial charge in [0, 0.05) is 11.6 Å². The number of hydrogen-bond acceptors (Lipinski definition) is 5. The Labute approximate surface area is 179 Å². The Bertz CT molecular complexity index is 1060. The van der Waals surface area contributed by atoms with Gasteiger partial charge in [-0.1, -0.05) is 31.0 Å². The molecule has 1 saturated carbocycles. The highest BCUT2D eigenvalue weighted by atomic mass is 19.1. The minimum Gasteiger partial charge on any atom is -0.507 e. The molecular weight excluding hydrogens is 401 g/mol. The molecule has 0 radical (unpaired) electrons. The van der Waals surface area contributed by atoms with E-state index in [9.17, 15) is 19.1 Å². The van der Waals surface area contributed by atoms with Crippen LogP contribution in [0, 0.1) is 5.82 Å². The van der Waals surface area contributed by atoms with Crippen molar-refractivity contribution in [3.8, 4) is 11.5 Å². The lowest BCUT2D eigenvalue weighted by Crippen LogP contribution is -2.38. The number of Topliss-reactive ketones (excluding diaryl/α,β-unsaturated/α-hetero) is 1. The molecule has 2 aromatic carbocycles. The highest BCUT2D eigenvalue weighted by Crippen LogP contribution is 2.45. The molecule has 7 heteroatoms. The number of aliphatic hydroxyl groups is 1. The highest BCUT2D eigenvalue weighted by molar-refractivity contribution is 6.46. The zero-order chi connectivity index (χ0) is 22.1. The summed E-state index contributed by atoms with van der Waals surface area (Å²) < 4.78 is 25.4. The summed E-state index contributed by atoms with van der Waals surface area (Å²) in [6.07, 6.45) is 3.34. The van der Waals surface area contributed by atoms with Crippen LogP contribution < -0.4 is 9.47 Å². The number of rotatable bonds is 5. The van der Waals surface area contributed by atoms with E-state index in [-0.39, 0.29) is 22.7 Å². The van der Waals surface area contributed by atoms with Gasteiger partial charge in [-0.15, -0.1) is 0 Å². The lowest BCUT2D eigenvalue weighted by molar-refractivity contribution is -0.141. The molecule has 1 atom stereocenters. The van der Waals surface area contributed by atoms with E-state index in [2.05, 4.69) is 0 Å². The van der Waals surface area contributed by atoms with Crippen LogP contribution in [0.2, 0.25) is 0 Å². The van der Waals surface area contributed by atoms with Crippen molar-refractivity contribution >= 4 is 17.4 Å². The predicted molar refractivity (Wildman–Crippen MR) is 112 cm³/mol. The van der Waals surface area contributed by atoms with Crippen LogP contribution in [0.5, 0.6) is 11.5 Å². The first-order chi connectivity index (χ1) is 15.0. The fourth-order valence-electron chi connectivity index (χ4n) is 4.56. The Morgan fingerprint density at radius 1 is 1.06 bits per heavy atom. The van der Waals surface area contributed by atoms with Crippen molar-refractivity contribution in [1.82, 2.24) is 4.90 Å². The number of halogens is 1. The van der Waals surface area contributed by atoms with Crippen LogP contribution in [-0.4, -0.2) is 42.0 Å². The van der Waals surface area contributed by atoms with Crippen LogP contribution in [0.25, 0.3) is 5.76 Å². The average molecular weight is 425 g/mol. The van der Waals surface area contributed by atoms with E-state index in [0.717, 1.165) is 25.7 Å². The lowest BCUT2D eigenvalue weighted by Gasteiger charge is -2.31. The molecule has 1 aliphatic heterocycles. The summed E-state index contributed by atoms with van der Waals surface area (Å²) in [6.45, 7) is 0. The molecule has 2 aromatic rings. The smallest absolute Gasteiger partial charge is 0.295 e. The normalized spacial score (nSPS) is 21.0. The molecule has 4 rings (SSSR count). The number of carbonyl (C=O) groups is 2. The van der Waals surface area contributed by atoms with Gasteiger partial charge in [0.25, 0.3) is 11.7 Å². The van der Waals surface area contributed by atoms with Crippen molar-refractivity contribution in [1.29, 1.82) is 0 Å². The second-order valence-electron chi connectivity index (χ2n) is 7.73. The van der Waals surface area contributed by atoms with Crippen LogP contribution >= 0.6 is 0 Å². The number of benzene rings is 2. The third-order valence-corrected chi connectivity index (χ3v) is 6.06. The Morgan fingerprint density at radius 3 is 2.42 bits per heavy atom. The number of aliphatic hydroxyl groups excluding tert-OH is 1. The van der Waals surface area contributed by atoms with Crippen LogP contribution in [0.1, 0.15) is 42.9 Å². The summed E-state index contributed by atoms with van der Waals surface area (Å²) in [5.41, 5.74) is 0.234. The number of amides is 1. The van der Waals surface area contributed by atoms with Crippen LogP contribution in [0.15, 0.2) is 48.0 Å². The van der Waals surface area contributed by atoms with Gasteiger partial charge in [-0.2, -0.15) is 0 Å². The molecule has 1 aliphatic carbocycles. The summed E-state index contributed by atoms with van der Waals surface area (Å²) in [4.78, 5) is 27.6. The van der Waals surface area contributed by atoms with Gasteiger partial charge in [0.1, 0.15) is 23.1 Å². The molecule has 162 valence electrons. The maximum atomic E-state index is 14.9. The SMILES string of the molecule is COc1ccc(OC)c(/C(O)=C2\C(=O)C(=O)N(C3CCCC3)C2c2ccccc2F)c1. The molecule has 0 aromatic heterocycles. The third kappa shape index (κ3) is 3.54. The molecule has 1 saturated heterocycles. The number of ketones is 1. The molecule has 1 amide bonds. The van der Waals surface area contributed by atoms with Crippen molar-refractivity contribution in [3.63, 3.8) is 0 Å². The first-order valence-corrected chi connectivity index (χ1v) is 10.2. The summed E-state index contributed by atoms with van der Waals surface area (Å²) in [5.74, 6) is -1.76. The minimum absolute atomic E-state index is 0.145. The monoisotopic (exact) mass is 425 g/mol. The van der Waals surface area contributed by atoms with Gasteiger partial charge in [-0.25, -0.2) is 4.39 Å². The van der Waals surface area contributed by atoms with Gasteiger partial charge < -0.3 is 19.5 Å². The Morgan fingerprint density at radius 2 is 1.77 bits per heavy atom.